The molecule has 4 N–H and O–H groups in total. The lowest BCUT2D eigenvalue weighted by Crippen LogP contribution is -2.66. The second-order valence-corrected chi connectivity index (χ2v) is 8.71. The monoisotopic (exact) mass is 430 g/mol. The molecule has 0 saturated carbocycles. The summed E-state index contributed by atoms with van der Waals surface area (Å²) >= 11 is 0. The number of rotatable bonds is 2. The molecule has 1 fully saturated rings. The van der Waals surface area contributed by atoms with Crippen LogP contribution in [0, 0.1) is 0 Å². The van der Waals surface area contributed by atoms with Crippen molar-refractivity contribution in [3.8, 4) is 5.75 Å². The molecular weight excluding hydrogens is 408 g/mol. The van der Waals surface area contributed by atoms with Gasteiger partial charge in [0.1, 0.15) is 11.4 Å². The van der Waals surface area contributed by atoms with E-state index in [0.717, 1.165) is 0 Å². The number of phenols is 1. The molecule has 2 aliphatic carbocycles. The fourth-order valence-electron chi connectivity index (χ4n) is 5.56. The zero-order valence-electron chi connectivity index (χ0n) is 16.9. The van der Waals surface area contributed by atoms with Crippen LogP contribution in [0.1, 0.15) is 64.6 Å². The first kappa shape index (κ1) is 20.3. The molecule has 0 aromatic heterocycles. The van der Waals surface area contributed by atoms with Gasteiger partial charge < -0.3 is 29.9 Å². The number of aliphatic carboxylic acids is 1. The van der Waals surface area contributed by atoms with E-state index in [9.17, 15) is 29.7 Å². The number of fused-ring (bicyclic) bond motifs is 4. The number of Topliss-reactive ketones (excluding diaryl/α,β-unsaturated/α-hetero) is 2. The zero-order chi connectivity index (χ0) is 22.4. The van der Waals surface area contributed by atoms with E-state index in [1.54, 1.807) is 6.92 Å². The molecular formula is C22H22O9. The van der Waals surface area contributed by atoms with Gasteiger partial charge >= 0.3 is 5.97 Å². The lowest BCUT2D eigenvalue weighted by atomic mass is 9.63. The topological polar surface area (TPSA) is 151 Å². The molecule has 0 radical (unpaired) electrons. The van der Waals surface area contributed by atoms with Gasteiger partial charge in [-0.15, -0.1) is 0 Å². The van der Waals surface area contributed by atoms with Crippen molar-refractivity contribution in [1.29, 1.82) is 0 Å². The number of ether oxygens (including phenoxy) is 2. The van der Waals surface area contributed by atoms with Crippen LogP contribution in [0.5, 0.6) is 5.75 Å². The first-order valence-electron chi connectivity index (χ1n) is 10.2. The highest BCUT2D eigenvalue weighted by Gasteiger charge is 2.62. The summed E-state index contributed by atoms with van der Waals surface area (Å²) in [4.78, 5) is 38.0. The van der Waals surface area contributed by atoms with Crippen molar-refractivity contribution < 1.29 is 44.3 Å². The maximum atomic E-state index is 13.5. The SMILES string of the molecule is CC1OC(CC(=O)O)Cc2cc3c(c(O)c21)C(=O)C1=C(C3=O)C2CC(O)C1(O)C(C)O2. The summed E-state index contributed by atoms with van der Waals surface area (Å²) < 4.78 is 11.4. The quantitative estimate of drug-likeness (QED) is 0.535. The predicted octanol–water partition coefficient (Wildman–Crippen LogP) is 0.828. The number of aliphatic hydroxyl groups excluding tert-OH is 1. The molecule has 0 spiro atoms. The molecule has 1 aromatic carbocycles. The van der Waals surface area contributed by atoms with Crippen LogP contribution < -0.4 is 0 Å². The van der Waals surface area contributed by atoms with Gasteiger partial charge in [0.25, 0.3) is 0 Å². The number of carbonyl (C=O) groups excluding carboxylic acids is 2. The van der Waals surface area contributed by atoms with Crippen LogP contribution in [0.15, 0.2) is 17.2 Å². The van der Waals surface area contributed by atoms with Crippen molar-refractivity contribution in [1.82, 2.24) is 0 Å². The maximum absolute atomic E-state index is 13.5. The number of phenolic OH excluding ortho intramolecular Hbond substituents is 1. The highest BCUT2D eigenvalue weighted by atomic mass is 16.5. The third-order valence-electron chi connectivity index (χ3n) is 6.95. The average Bonchev–Trinajstić information content (AvgIpc) is 2.66. The van der Waals surface area contributed by atoms with Gasteiger partial charge in [0.2, 0.25) is 0 Å². The number of hydrogen-bond donors (Lipinski definition) is 4. The minimum Gasteiger partial charge on any atom is -0.507 e. The minimum atomic E-state index is -2.05. The number of carbonyl (C=O) groups is 3. The molecule has 6 unspecified atom stereocenters. The first-order chi connectivity index (χ1) is 14.6. The Balaban J connectivity index is 1.68. The number of ketones is 2. The van der Waals surface area contributed by atoms with E-state index in [1.165, 1.54) is 13.0 Å². The molecule has 3 aliphatic heterocycles. The Kier molecular flexibility index (Phi) is 4.23. The second-order valence-electron chi connectivity index (χ2n) is 8.71. The largest absolute Gasteiger partial charge is 0.507 e. The van der Waals surface area contributed by atoms with E-state index in [-0.39, 0.29) is 41.5 Å². The van der Waals surface area contributed by atoms with Crippen molar-refractivity contribution in [2.75, 3.05) is 0 Å². The van der Waals surface area contributed by atoms with Crippen LogP contribution in [0.4, 0.5) is 0 Å². The lowest BCUT2D eigenvalue weighted by Gasteiger charge is -2.52. The van der Waals surface area contributed by atoms with Gasteiger partial charge in [-0.2, -0.15) is 0 Å². The molecule has 3 heterocycles. The molecule has 6 rings (SSSR count). The summed E-state index contributed by atoms with van der Waals surface area (Å²) in [6.07, 6.45) is -4.44. The van der Waals surface area contributed by atoms with E-state index < -0.39 is 59.4 Å². The van der Waals surface area contributed by atoms with Gasteiger partial charge in [-0.3, -0.25) is 14.4 Å². The van der Waals surface area contributed by atoms with E-state index in [4.69, 9.17) is 14.6 Å². The van der Waals surface area contributed by atoms with Crippen molar-refractivity contribution in [2.45, 2.75) is 69.2 Å². The van der Waals surface area contributed by atoms with Crippen LogP contribution in [0.3, 0.4) is 0 Å². The Bertz CT molecular complexity index is 1070. The van der Waals surface area contributed by atoms with Crippen molar-refractivity contribution in [3.05, 3.63) is 39.5 Å². The maximum Gasteiger partial charge on any atom is 0.305 e. The summed E-state index contributed by atoms with van der Waals surface area (Å²) in [6.45, 7) is 3.16. The van der Waals surface area contributed by atoms with Crippen LogP contribution in [0.2, 0.25) is 0 Å². The second kappa shape index (κ2) is 6.46. The Morgan fingerprint density at radius 1 is 1.23 bits per heavy atom. The molecule has 1 saturated heterocycles. The summed E-state index contributed by atoms with van der Waals surface area (Å²) in [6, 6.07) is 1.51. The van der Waals surface area contributed by atoms with Gasteiger partial charge in [-0.25, -0.2) is 0 Å². The van der Waals surface area contributed by atoms with E-state index >= 15 is 0 Å². The smallest absolute Gasteiger partial charge is 0.305 e. The van der Waals surface area contributed by atoms with E-state index in [2.05, 4.69) is 0 Å². The molecule has 9 nitrogen and oxygen atoms in total. The van der Waals surface area contributed by atoms with E-state index in [1.807, 2.05) is 0 Å². The fourth-order valence-corrected chi connectivity index (χ4v) is 5.56. The Hall–Kier alpha value is -2.59. The molecule has 6 atom stereocenters. The summed E-state index contributed by atoms with van der Waals surface area (Å²) in [7, 11) is 0. The van der Waals surface area contributed by atoms with Gasteiger partial charge in [-0.05, 0) is 31.9 Å². The van der Waals surface area contributed by atoms with Crippen molar-refractivity contribution >= 4 is 17.5 Å². The molecule has 164 valence electrons. The van der Waals surface area contributed by atoms with Crippen LogP contribution >= 0.6 is 0 Å². The van der Waals surface area contributed by atoms with Gasteiger partial charge in [0, 0.05) is 28.7 Å². The number of carboxylic acids is 1. The van der Waals surface area contributed by atoms with Crippen LogP contribution in [0.25, 0.3) is 0 Å². The molecule has 31 heavy (non-hydrogen) atoms. The standard InChI is InChI=1S/C22H22O9/c1-7-15-9(3-10(30-7)5-14(24)25)4-11-16(20(15)27)21(28)18-17(19(11)26)12-6-13(23)22(18,29)8(2)31-12/h4,7-8,10,12-13,23,27,29H,3,5-6H2,1-2H3,(H,24,25). The number of hydrogen-bond acceptors (Lipinski definition) is 8. The van der Waals surface area contributed by atoms with Gasteiger partial charge in [0.15, 0.2) is 11.6 Å². The third-order valence-corrected chi connectivity index (χ3v) is 6.95. The Labute approximate surface area is 176 Å². The summed E-state index contributed by atoms with van der Waals surface area (Å²) in [5.41, 5.74) is -1.62. The average molecular weight is 430 g/mol. The lowest BCUT2D eigenvalue weighted by molar-refractivity contribution is -0.207. The highest BCUT2D eigenvalue weighted by Crippen LogP contribution is 2.51. The fraction of sp³-hybridized carbons (Fsp3) is 0.500. The van der Waals surface area contributed by atoms with Gasteiger partial charge in [0.05, 0.1) is 42.5 Å². The number of benzene rings is 1. The molecule has 1 aromatic rings. The number of carboxylic acid groups (broad SMARTS) is 1. The summed E-state index contributed by atoms with van der Waals surface area (Å²) in [5, 5.41) is 41.8. The predicted molar refractivity (Wildman–Crippen MR) is 103 cm³/mol. The van der Waals surface area contributed by atoms with E-state index in [0.29, 0.717) is 11.1 Å². The normalized spacial score (nSPS) is 36.2. The molecule has 9 heteroatoms. The van der Waals surface area contributed by atoms with Crippen molar-refractivity contribution in [3.63, 3.8) is 0 Å². The number of aliphatic hydroxyl groups is 2. The molecule has 2 bridgehead atoms. The summed E-state index contributed by atoms with van der Waals surface area (Å²) in [5.74, 6) is -2.70. The number of aromatic hydroxyl groups is 1. The molecule has 0 amide bonds. The zero-order valence-corrected chi connectivity index (χ0v) is 16.9. The van der Waals surface area contributed by atoms with Gasteiger partial charge in [-0.1, -0.05) is 0 Å². The first-order valence-corrected chi connectivity index (χ1v) is 10.2. The third kappa shape index (κ3) is 2.54. The van der Waals surface area contributed by atoms with Crippen LogP contribution in [-0.4, -0.2) is 68.0 Å². The minimum absolute atomic E-state index is 0.00920. The Morgan fingerprint density at radius 3 is 2.58 bits per heavy atom. The highest BCUT2D eigenvalue weighted by molar-refractivity contribution is 6.29. The van der Waals surface area contributed by atoms with Crippen LogP contribution in [-0.2, 0) is 20.7 Å². The van der Waals surface area contributed by atoms with Crippen molar-refractivity contribution in [2.24, 2.45) is 0 Å². The molecule has 5 aliphatic rings. The Morgan fingerprint density at radius 2 is 1.94 bits per heavy atom.